The molecular weight excluding hydrogens is 329 g/mol. The Hall–Kier alpha value is -2.14. The molecule has 0 aliphatic carbocycles. The Balaban J connectivity index is 2.10. The molecule has 0 saturated carbocycles. The van der Waals surface area contributed by atoms with Crippen molar-refractivity contribution in [3.8, 4) is 0 Å². The first-order valence-electron chi connectivity index (χ1n) is 7.32. The molecule has 0 fully saturated rings. The molecule has 0 heterocycles. The van der Waals surface area contributed by atoms with Crippen LogP contribution in [0.25, 0.3) is 0 Å². The van der Waals surface area contributed by atoms with Gasteiger partial charge in [0.2, 0.25) is 0 Å². The van der Waals surface area contributed by atoms with Gasteiger partial charge in [0.15, 0.2) is 5.78 Å². The highest BCUT2D eigenvalue weighted by molar-refractivity contribution is 7.54. The third-order valence-corrected chi connectivity index (χ3v) is 5.49. The van der Waals surface area contributed by atoms with Crippen LogP contribution >= 0.6 is 7.60 Å². The van der Waals surface area contributed by atoms with Gasteiger partial charge in [-0.15, -0.1) is 0 Å². The molecule has 2 aromatic carbocycles. The number of amides is 1. The van der Waals surface area contributed by atoms with Gasteiger partial charge in [-0.25, -0.2) is 4.79 Å². The predicted octanol–water partition coefficient (Wildman–Crippen LogP) is 4.10. The summed E-state index contributed by atoms with van der Waals surface area (Å²) in [4.78, 5) is 12.1. The highest BCUT2D eigenvalue weighted by Crippen LogP contribution is 2.58. The average molecular weight is 349 g/mol. The summed E-state index contributed by atoms with van der Waals surface area (Å²) in [5, 5.41) is 2.57. The Morgan fingerprint density at radius 2 is 1.54 bits per heavy atom. The lowest BCUT2D eigenvalue weighted by molar-refractivity contribution is 0.136. The van der Waals surface area contributed by atoms with Gasteiger partial charge in [0, 0.05) is 14.2 Å². The lowest BCUT2D eigenvalue weighted by Gasteiger charge is -2.25. The van der Waals surface area contributed by atoms with Gasteiger partial charge in [0.05, 0.1) is 0 Å². The van der Waals surface area contributed by atoms with Crippen molar-refractivity contribution in [2.75, 3.05) is 14.2 Å². The van der Waals surface area contributed by atoms with E-state index < -0.39 is 19.5 Å². The molecule has 1 N–H and O–H groups in total. The maximum Gasteiger partial charge on any atom is 0.408 e. The smallest absolute Gasteiger partial charge is 0.408 e. The van der Waals surface area contributed by atoms with E-state index in [0.29, 0.717) is 5.56 Å². The Labute approximate surface area is 141 Å². The lowest BCUT2D eigenvalue weighted by atomic mass is 10.2. The summed E-state index contributed by atoms with van der Waals surface area (Å²) in [6, 6.07) is 18.1. The number of hydrogen-bond donors (Lipinski definition) is 1. The van der Waals surface area contributed by atoms with E-state index in [0.717, 1.165) is 5.56 Å². The minimum atomic E-state index is -3.57. The van der Waals surface area contributed by atoms with Crippen molar-refractivity contribution in [1.82, 2.24) is 5.32 Å². The molecule has 0 aromatic heterocycles. The standard InChI is InChI=1S/C17H20NO5P/c1-21-24(20,22-2)16(15-11-7-4-8-12-15)18-17(19)23-13-14-9-5-3-6-10-14/h3-12,16H,13H2,1-2H3,(H,18,19)/t16-/m1/s1. The van der Waals surface area contributed by atoms with Crippen LogP contribution in [-0.2, 0) is 25.0 Å². The fraction of sp³-hybridized carbons (Fsp3) is 0.235. The fourth-order valence-electron chi connectivity index (χ4n) is 2.14. The van der Waals surface area contributed by atoms with Gasteiger partial charge in [0.25, 0.3) is 0 Å². The summed E-state index contributed by atoms with van der Waals surface area (Å²) >= 11 is 0. The summed E-state index contributed by atoms with van der Waals surface area (Å²) in [7, 11) is -1.02. The van der Waals surface area contributed by atoms with E-state index in [4.69, 9.17) is 13.8 Å². The number of benzene rings is 2. The van der Waals surface area contributed by atoms with E-state index in [2.05, 4.69) is 5.32 Å². The quantitative estimate of drug-likeness (QED) is 0.762. The highest BCUT2D eigenvalue weighted by Gasteiger charge is 2.37. The molecule has 0 aliphatic heterocycles. The third kappa shape index (κ3) is 4.68. The van der Waals surface area contributed by atoms with Crippen molar-refractivity contribution < 1.29 is 23.1 Å². The van der Waals surface area contributed by atoms with E-state index in [1.54, 1.807) is 24.3 Å². The summed E-state index contributed by atoms with van der Waals surface area (Å²) in [6.45, 7) is 0.110. The normalized spacial score (nSPS) is 12.4. The highest BCUT2D eigenvalue weighted by atomic mass is 31.2. The molecule has 2 aromatic rings. The second-order valence-electron chi connectivity index (χ2n) is 4.92. The first-order valence-corrected chi connectivity index (χ1v) is 8.93. The zero-order valence-electron chi connectivity index (χ0n) is 13.5. The third-order valence-electron chi connectivity index (χ3n) is 3.41. The van der Waals surface area contributed by atoms with Gasteiger partial charge >= 0.3 is 13.7 Å². The van der Waals surface area contributed by atoms with Crippen LogP contribution in [0, 0.1) is 0 Å². The van der Waals surface area contributed by atoms with Crippen molar-refractivity contribution in [2.24, 2.45) is 0 Å². The van der Waals surface area contributed by atoms with Crippen LogP contribution in [-0.4, -0.2) is 20.3 Å². The van der Waals surface area contributed by atoms with Crippen LogP contribution in [0.15, 0.2) is 60.7 Å². The van der Waals surface area contributed by atoms with Crippen LogP contribution < -0.4 is 5.32 Å². The maximum atomic E-state index is 12.7. The lowest BCUT2D eigenvalue weighted by Crippen LogP contribution is -2.29. The van der Waals surface area contributed by atoms with Gasteiger partial charge < -0.3 is 19.1 Å². The molecule has 128 valence electrons. The Bertz CT molecular complexity index is 685. The minimum Gasteiger partial charge on any atom is -0.445 e. The SMILES string of the molecule is COP(=O)(OC)[C@@H](NC(=O)OCc1ccccc1)c1ccccc1. The molecular formula is C17H20NO5P. The largest absolute Gasteiger partial charge is 0.445 e. The molecule has 0 unspecified atom stereocenters. The van der Waals surface area contributed by atoms with Gasteiger partial charge in [-0.2, -0.15) is 0 Å². The topological polar surface area (TPSA) is 73.9 Å². The summed E-state index contributed by atoms with van der Waals surface area (Å²) < 4.78 is 28.0. The molecule has 24 heavy (non-hydrogen) atoms. The van der Waals surface area contributed by atoms with Crippen LogP contribution in [0.4, 0.5) is 4.79 Å². The minimum absolute atomic E-state index is 0.110. The fourth-order valence-corrected chi connectivity index (χ4v) is 3.51. The zero-order valence-corrected chi connectivity index (χ0v) is 14.4. The number of ether oxygens (including phenoxy) is 1. The predicted molar refractivity (Wildman–Crippen MR) is 90.6 cm³/mol. The van der Waals surface area contributed by atoms with Gasteiger partial charge in [-0.3, -0.25) is 4.57 Å². The van der Waals surface area contributed by atoms with E-state index in [1.807, 2.05) is 36.4 Å². The second kappa shape index (κ2) is 8.64. The number of rotatable bonds is 7. The Kier molecular flexibility index (Phi) is 6.55. The number of carbonyl (C=O) groups excluding carboxylic acids is 1. The first kappa shape index (κ1) is 18.2. The molecule has 1 atom stereocenters. The number of hydrogen-bond acceptors (Lipinski definition) is 5. The van der Waals surface area contributed by atoms with Crippen molar-refractivity contribution in [3.63, 3.8) is 0 Å². The van der Waals surface area contributed by atoms with Crippen LogP contribution in [0.2, 0.25) is 0 Å². The van der Waals surface area contributed by atoms with Crippen LogP contribution in [0.5, 0.6) is 0 Å². The monoisotopic (exact) mass is 349 g/mol. The Morgan fingerprint density at radius 1 is 1.00 bits per heavy atom. The molecule has 0 aliphatic rings. The first-order chi connectivity index (χ1) is 11.6. The molecule has 2 rings (SSSR count). The van der Waals surface area contributed by atoms with Crippen molar-refractivity contribution in [1.29, 1.82) is 0 Å². The molecule has 0 saturated heterocycles. The zero-order chi connectivity index (χ0) is 17.4. The van der Waals surface area contributed by atoms with E-state index in [9.17, 15) is 9.36 Å². The maximum absolute atomic E-state index is 12.7. The number of alkyl carbamates (subject to hydrolysis) is 1. The van der Waals surface area contributed by atoms with Crippen molar-refractivity contribution >= 4 is 13.7 Å². The molecule has 0 bridgehead atoms. The summed E-state index contributed by atoms with van der Waals surface area (Å²) in [6.07, 6.45) is -0.706. The molecule has 0 radical (unpaired) electrons. The number of nitrogens with one attached hydrogen (secondary N) is 1. The molecule has 7 heteroatoms. The number of carbonyl (C=O) groups is 1. The molecule has 0 spiro atoms. The molecule has 1 amide bonds. The van der Waals surface area contributed by atoms with Crippen molar-refractivity contribution in [3.05, 3.63) is 71.8 Å². The van der Waals surface area contributed by atoms with Crippen LogP contribution in [0.1, 0.15) is 16.9 Å². The van der Waals surface area contributed by atoms with Crippen molar-refractivity contribution in [2.45, 2.75) is 12.4 Å². The summed E-state index contributed by atoms with van der Waals surface area (Å²) in [5.74, 6) is -0.961. The van der Waals surface area contributed by atoms with Crippen LogP contribution in [0.3, 0.4) is 0 Å². The van der Waals surface area contributed by atoms with Gasteiger partial charge in [-0.1, -0.05) is 60.7 Å². The van der Waals surface area contributed by atoms with Gasteiger partial charge in [-0.05, 0) is 11.1 Å². The Morgan fingerprint density at radius 3 is 2.08 bits per heavy atom. The molecule has 6 nitrogen and oxygen atoms in total. The van der Waals surface area contributed by atoms with Gasteiger partial charge in [0.1, 0.15) is 6.61 Å². The van der Waals surface area contributed by atoms with E-state index in [1.165, 1.54) is 14.2 Å². The average Bonchev–Trinajstić information content (AvgIpc) is 2.65. The second-order valence-corrected chi connectivity index (χ2v) is 7.25. The van der Waals surface area contributed by atoms with E-state index >= 15 is 0 Å². The van der Waals surface area contributed by atoms with E-state index in [-0.39, 0.29) is 6.61 Å². The summed E-state index contributed by atoms with van der Waals surface area (Å²) in [5.41, 5.74) is 1.45.